The fourth-order valence-electron chi connectivity index (χ4n) is 9.00. The molecule has 0 unspecified atom stereocenters. The van der Waals surface area contributed by atoms with Crippen molar-refractivity contribution in [2.45, 2.75) is 97.2 Å². The summed E-state index contributed by atoms with van der Waals surface area (Å²) >= 11 is 0. The zero-order valence-corrected chi connectivity index (χ0v) is 20.1. The molecule has 6 heteroatoms. The average molecular weight is 450 g/mol. The number of aliphatic carboxylic acids is 1. The summed E-state index contributed by atoms with van der Waals surface area (Å²) in [5.74, 6) is 1.66. The molecule has 4 saturated carbocycles. The van der Waals surface area contributed by atoms with Crippen LogP contribution in [0.4, 0.5) is 0 Å². The third kappa shape index (κ3) is 4.11. The largest absolute Gasteiger partial charge is 0.480 e. The monoisotopic (exact) mass is 449 g/mol. The van der Waals surface area contributed by atoms with Gasteiger partial charge in [-0.2, -0.15) is 0 Å². The molecule has 0 aromatic rings. The molecular weight excluding hydrogens is 406 g/mol. The number of nitrogens with one attached hydrogen (secondary N) is 1. The maximum atomic E-state index is 12.0. The molecule has 32 heavy (non-hydrogen) atoms. The third-order valence-corrected chi connectivity index (χ3v) is 10.7. The molecule has 4 fully saturated rings. The highest BCUT2D eigenvalue weighted by Crippen LogP contribution is 2.68. The normalized spacial score (nSPS) is 46.5. The van der Waals surface area contributed by atoms with Gasteiger partial charge in [-0.15, -0.1) is 0 Å². The van der Waals surface area contributed by atoms with E-state index in [0.29, 0.717) is 41.9 Å². The van der Waals surface area contributed by atoms with Crippen molar-refractivity contribution in [3.05, 3.63) is 0 Å². The molecule has 0 heterocycles. The molecule has 6 nitrogen and oxygen atoms in total. The van der Waals surface area contributed by atoms with Gasteiger partial charge in [-0.1, -0.05) is 20.8 Å². The van der Waals surface area contributed by atoms with Gasteiger partial charge < -0.3 is 20.6 Å². The number of aliphatic hydroxyl groups is 2. The summed E-state index contributed by atoms with van der Waals surface area (Å²) in [6, 6.07) is 0. The maximum Gasteiger partial charge on any atom is 0.322 e. The van der Waals surface area contributed by atoms with Crippen LogP contribution in [-0.2, 0) is 9.59 Å². The predicted molar refractivity (Wildman–Crippen MR) is 122 cm³/mol. The lowest BCUT2D eigenvalue weighted by molar-refractivity contribution is -0.174. The molecule has 0 aromatic carbocycles. The summed E-state index contributed by atoms with van der Waals surface area (Å²) in [6.45, 7) is 6.83. The van der Waals surface area contributed by atoms with Crippen LogP contribution in [0.1, 0.15) is 85.0 Å². The Morgan fingerprint density at radius 3 is 2.41 bits per heavy atom. The lowest BCUT2D eigenvalue weighted by atomic mass is 9.43. The Kier molecular flexibility index (Phi) is 6.68. The number of carboxylic acids is 1. The van der Waals surface area contributed by atoms with E-state index >= 15 is 0 Å². The predicted octanol–water partition coefficient (Wildman–Crippen LogP) is 3.59. The Balaban J connectivity index is 1.44. The number of hydrogen-bond acceptors (Lipinski definition) is 4. The summed E-state index contributed by atoms with van der Waals surface area (Å²) in [5.41, 5.74) is 0.451. The second kappa shape index (κ2) is 8.90. The summed E-state index contributed by atoms with van der Waals surface area (Å²) in [5, 5.41) is 32.8. The number of hydrogen-bond donors (Lipinski definition) is 4. The summed E-state index contributed by atoms with van der Waals surface area (Å²) < 4.78 is 0. The Labute approximate surface area is 192 Å². The quantitative estimate of drug-likeness (QED) is 0.496. The lowest BCUT2D eigenvalue weighted by Gasteiger charge is -2.62. The van der Waals surface area contributed by atoms with Gasteiger partial charge in [0.15, 0.2) is 0 Å². The highest BCUT2D eigenvalue weighted by Gasteiger charge is 2.62. The van der Waals surface area contributed by atoms with E-state index in [-0.39, 0.29) is 35.5 Å². The molecule has 4 aliphatic carbocycles. The standard InChI is InChI=1S/C26H43NO5/c1-15(4-7-22(30)27-14-23(31)32)18-5-6-19-24-20(9-11-26(18,19)3)25(2)10-8-17(28)12-16(25)13-21(24)29/h15-21,24,28-29H,4-14H2,1-3H3,(H,27,30)(H,31,32)/t15-,16-,17-,18-,19+,20+,21-,24-,25-,26+/m0/s1. The minimum atomic E-state index is -1.01. The zero-order valence-electron chi connectivity index (χ0n) is 20.1. The highest BCUT2D eigenvalue weighted by molar-refractivity contribution is 5.81. The molecule has 4 rings (SSSR count). The van der Waals surface area contributed by atoms with Gasteiger partial charge in [-0.05, 0) is 104 Å². The fourth-order valence-corrected chi connectivity index (χ4v) is 9.00. The van der Waals surface area contributed by atoms with E-state index < -0.39 is 5.97 Å². The number of carboxylic acid groups (broad SMARTS) is 1. The first-order valence-electron chi connectivity index (χ1n) is 12.9. The van der Waals surface area contributed by atoms with E-state index in [0.717, 1.165) is 44.9 Å². The highest BCUT2D eigenvalue weighted by atomic mass is 16.4. The zero-order chi connectivity index (χ0) is 23.3. The first-order chi connectivity index (χ1) is 15.1. The molecule has 0 radical (unpaired) electrons. The Hall–Kier alpha value is -1.14. The lowest BCUT2D eigenvalue weighted by Crippen LogP contribution is -2.58. The van der Waals surface area contributed by atoms with E-state index in [4.69, 9.17) is 5.11 Å². The fraction of sp³-hybridized carbons (Fsp3) is 0.923. The number of amides is 1. The number of rotatable bonds is 6. The van der Waals surface area contributed by atoms with Gasteiger partial charge in [0.2, 0.25) is 5.91 Å². The van der Waals surface area contributed by atoms with Crippen LogP contribution in [0.2, 0.25) is 0 Å². The van der Waals surface area contributed by atoms with Crippen LogP contribution in [-0.4, -0.2) is 45.9 Å². The molecule has 0 saturated heterocycles. The van der Waals surface area contributed by atoms with E-state index in [2.05, 4.69) is 26.1 Å². The van der Waals surface area contributed by atoms with Crippen LogP contribution in [0.15, 0.2) is 0 Å². The van der Waals surface area contributed by atoms with Gasteiger partial charge in [-0.3, -0.25) is 9.59 Å². The van der Waals surface area contributed by atoms with E-state index in [1.165, 1.54) is 12.8 Å². The third-order valence-electron chi connectivity index (χ3n) is 10.7. The first-order valence-corrected chi connectivity index (χ1v) is 12.9. The summed E-state index contributed by atoms with van der Waals surface area (Å²) in [4.78, 5) is 22.7. The van der Waals surface area contributed by atoms with Crippen LogP contribution in [0.3, 0.4) is 0 Å². The van der Waals surface area contributed by atoms with Crippen molar-refractivity contribution in [3.63, 3.8) is 0 Å². The topological polar surface area (TPSA) is 107 Å². The van der Waals surface area contributed by atoms with Gasteiger partial charge in [0, 0.05) is 6.42 Å². The molecule has 10 atom stereocenters. The maximum absolute atomic E-state index is 12.0. The Morgan fingerprint density at radius 2 is 1.69 bits per heavy atom. The SMILES string of the molecule is C[C@@H](CCC(=O)NCC(=O)O)[C@@H]1CC[C@@H]2[C@H]3[C@@H](CC[C@@]21C)[C@@]1(C)CC[C@H](O)C[C@H]1C[C@@H]3O. The van der Waals surface area contributed by atoms with Crippen LogP contribution in [0, 0.1) is 46.3 Å². The van der Waals surface area contributed by atoms with E-state index in [1.807, 2.05) is 0 Å². The van der Waals surface area contributed by atoms with E-state index in [1.54, 1.807) is 0 Å². The van der Waals surface area contributed by atoms with Crippen LogP contribution >= 0.6 is 0 Å². The molecule has 0 aliphatic heterocycles. The van der Waals surface area contributed by atoms with Gasteiger partial charge in [0.05, 0.1) is 12.2 Å². The molecule has 4 aliphatic rings. The molecule has 0 aromatic heterocycles. The summed E-state index contributed by atoms with van der Waals surface area (Å²) in [7, 11) is 0. The molecular formula is C26H43NO5. The van der Waals surface area contributed by atoms with Crippen molar-refractivity contribution < 1.29 is 24.9 Å². The molecule has 0 bridgehead atoms. The smallest absolute Gasteiger partial charge is 0.322 e. The number of aliphatic hydroxyl groups excluding tert-OH is 2. The van der Waals surface area contributed by atoms with Crippen molar-refractivity contribution in [2.75, 3.05) is 6.54 Å². The van der Waals surface area contributed by atoms with Crippen molar-refractivity contribution >= 4 is 11.9 Å². The minimum absolute atomic E-state index is 0.177. The average Bonchev–Trinajstić information content (AvgIpc) is 3.09. The first kappa shape index (κ1) is 24.0. The van der Waals surface area contributed by atoms with Crippen molar-refractivity contribution in [3.8, 4) is 0 Å². The minimum Gasteiger partial charge on any atom is -0.480 e. The van der Waals surface area contributed by atoms with Gasteiger partial charge in [-0.25, -0.2) is 0 Å². The molecule has 0 spiro atoms. The van der Waals surface area contributed by atoms with Gasteiger partial charge >= 0.3 is 5.97 Å². The van der Waals surface area contributed by atoms with Crippen LogP contribution < -0.4 is 5.32 Å². The Morgan fingerprint density at radius 1 is 1.00 bits per heavy atom. The van der Waals surface area contributed by atoms with Crippen molar-refractivity contribution in [2.24, 2.45) is 46.3 Å². The molecule has 1 amide bonds. The summed E-state index contributed by atoms with van der Waals surface area (Å²) in [6.07, 6.45) is 9.06. The van der Waals surface area contributed by atoms with Crippen LogP contribution in [0.5, 0.6) is 0 Å². The number of carbonyl (C=O) groups is 2. The number of carbonyl (C=O) groups excluding carboxylic acids is 1. The molecule has 182 valence electrons. The van der Waals surface area contributed by atoms with Gasteiger partial charge in [0.1, 0.15) is 6.54 Å². The van der Waals surface area contributed by atoms with E-state index in [9.17, 15) is 19.8 Å². The van der Waals surface area contributed by atoms with Crippen molar-refractivity contribution in [1.82, 2.24) is 5.32 Å². The van der Waals surface area contributed by atoms with Crippen molar-refractivity contribution in [1.29, 1.82) is 0 Å². The second-order valence-electron chi connectivity index (χ2n) is 12.1. The van der Waals surface area contributed by atoms with Crippen LogP contribution in [0.25, 0.3) is 0 Å². The van der Waals surface area contributed by atoms with Gasteiger partial charge in [0.25, 0.3) is 0 Å². The Bertz CT molecular complexity index is 727. The number of fused-ring (bicyclic) bond motifs is 5. The molecule has 4 N–H and O–H groups in total. The second-order valence-corrected chi connectivity index (χ2v) is 12.1.